The number of hydrogen-bond donors (Lipinski definition) is 4. The van der Waals surface area contributed by atoms with Gasteiger partial charge < -0.3 is 5.32 Å². The van der Waals surface area contributed by atoms with Gasteiger partial charge in [-0.2, -0.15) is 25.3 Å². The zero-order valence-electron chi connectivity index (χ0n) is 30.4. The number of nitrogens with one attached hydrogen (secondary N) is 1. The van der Waals surface area contributed by atoms with E-state index in [1.54, 1.807) is 39.8 Å². The summed E-state index contributed by atoms with van der Waals surface area (Å²) in [7, 11) is -13.5. The van der Waals surface area contributed by atoms with Crippen molar-refractivity contribution in [3.63, 3.8) is 0 Å². The van der Waals surface area contributed by atoms with E-state index in [2.05, 4.69) is 5.32 Å². The molecular formula is C39H40N2O9S3. The van der Waals surface area contributed by atoms with Gasteiger partial charge in [-0.05, 0) is 171 Å². The van der Waals surface area contributed by atoms with Gasteiger partial charge in [-0.15, -0.1) is 0 Å². The lowest BCUT2D eigenvalue weighted by Gasteiger charge is -2.23. The fraction of sp³-hybridized carbons (Fsp3) is 0.205. The van der Waals surface area contributed by atoms with Crippen LogP contribution in [-0.2, 0) is 30.4 Å². The fourth-order valence-corrected chi connectivity index (χ4v) is 8.71. The maximum Gasteiger partial charge on any atom is 0.295 e. The summed E-state index contributed by atoms with van der Waals surface area (Å²) in [6.45, 7) is 14.4. The van der Waals surface area contributed by atoms with E-state index in [1.807, 2.05) is 52.0 Å². The van der Waals surface area contributed by atoms with Gasteiger partial charge >= 0.3 is 0 Å². The molecule has 11 nitrogen and oxygen atoms in total. The summed E-state index contributed by atoms with van der Waals surface area (Å²) in [5.74, 6) is 0. The highest BCUT2D eigenvalue weighted by atomic mass is 32.2. The van der Waals surface area contributed by atoms with Crippen molar-refractivity contribution in [2.24, 2.45) is 4.99 Å². The number of anilines is 2. The first kappa shape index (κ1) is 39.5. The molecular weight excluding hydrogens is 737 g/mol. The first-order valence-electron chi connectivity index (χ1n) is 16.3. The number of nitrogens with zero attached hydrogens (tertiary/aromatic N) is 1. The van der Waals surface area contributed by atoms with Crippen LogP contribution in [0.1, 0.15) is 58.4 Å². The number of aryl methyl sites for hydroxylation is 6. The molecule has 1 aliphatic carbocycles. The Balaban J connectivity index is 1.71. The van der Waals surface area contributed by atoms with Gasteiger partial charge in [-0.3, -0.25) is 13.7 Å². The number of rotatable bonds is 8. The van der Waals surface area contributed by atoms with Crippen LogP contribution in [0.5, 0.6) is 0 Å². The monoisotopic (exact) mass is 776 g/mol. The molecule has 14 heteroatoms. The Morgan fingerprint density at radius 1 is 0.566 bits per heavy atom. The van der Waals surface area contributed by atoms with E-state index in [0.29, 0.717) is 56.0 Å². The summed E-state index contributed by atoms with van der Waals surface area (Å²) < 4.78 is 102. The molecule has 0 amide bonds. The van der Waals surface area contributed by atoms with E-state index >= 15 is 0 Å². The zero-order valence-corrected chi connectivity index (χ0v) is 32.8. The van der Waals surface area contributed by atoms with Gasteiger partial charge in [0.05, 0.1) is 21.2 Å². The smallest absolute Gasteiger partial charge is 0.295 e. The molecule has 0 saturated carbocycles. The van der Waals surface area contributed by atoms with Crippen molar-refractivity contribution in [1.29, 1.82) is 0 Å². The van der Waals surface area contributed by atoms with Crippen LogP contribution in [-0.4, -0.2) is 44.6 Å². The number of benzene rings is 4. The molecule has 0 aliphatic heterocycles. The summed E-state index contributed by atoms with van der Waals surface area (Å²) in [4.78, 5) is 4.20. The molecule has 53 heavy (non-hydrogen) atoms. The third-order valence-electron chi connectivity index (χ3n) is 9.08. The van der Waals surface area contributed by atoms with Gasteiger partial charge in [0.2, 0.25) is 0 Å². The summed E-state index contributed by atoms with van der Waals surface area (Å²) in [6, 6.07) is 15.5. The molecule has 278 valence electrons. The van der Waals surface area contributed by atoms with Crippen LogP contribution < -0.4 is 5.32 Å². The normalized spacial score (nSPS) is 13.8. The maximum atomic E-state index is 12.7. The largest absolute Gasteiger partial charge is 0.355 e. The average Bonchev–Trinajstić information content (AvgIpc) is 3.01. The highest BCUT2D eigenvalue weighted by Crippen LogP contribution is 2.40. The minimum Gasteiger partial charge on any atom is -0.355 e. The van der Waals surface area contributed by atoms with E-state index in [4.69, 9.17) is 4.99 Å². The van der Waals surface area contributed by atoms with Crippen molar-refractivity contribution in [2.75, 3.05) is 5.32 Å². The number of aliphatic imine (C=N–C) groups is 1. The molecule has 0 saturated heterocycles. The molecule has 0 aromatic heterocycles. The van der Waals surface area contributed by atoms with E-state index < -0.39 is 30.4 Å². The van der Waals surface area contributed by atoms with Crippen molar-refractivity contribution in [3.05, 3.63) is 134 Å². The van der Waals surface area contributed by atoms with Gasteiger partial charge in [0, 0.05) is 16.9 Å². The van der Waals surface area contributed by atoms with Gasteiger partial charge in [0.15, 0.2) is 0 Å². The van der Waals surface area contributed by atoms with Crippen LogP contribution >= 0.6 is 0 Å². The standard InChI is InChI=1S/C39H40N2O9S3/c1-21-13-29(14-22(2)36(21)40-38-25(5)17-31(18-26(38)6)51(42,43)44)35(33-11-9-10-12-34(33)53(48,49)50)30-15-23(3)37(24(4)16-30)41-39-27(7)19-32(20-28(39)8)52(45,46)47/h9-20,40H,1-8H3,(H,42,43,44)(H,45,46,47)(H,48,49,50). The minimum absolute atomic E-state index is 0.205. The van der Waals surface area contributed by atoms with E-state index in [0.717, 1.165) is 28.0 Å². The topological polar surface area (TPSA) is 187 Å². The number of hydrogen-bond acceptors (Lipinski definition) is 8. The van der Waals surface area contributed by atoms with Crippen molar-refractivity contribution < 1.29 is 38.9 Å². The van der Waals surface area contributed by atoms with Crippen molar-refractivity contribution in [2.45, 2.75) is 70.1 Å². The highest BCUT2D eigenvalue weighted by Gasteiger charge is 2.25. The van der Waals surface area contributed by atoms with Crippen LogP contribution in [0.3, 0.4) is 0 Å². The second-order valence-electron chi connectivity index (χ2n) is 13.3. The van der Waals surface area contributed by atoms with Crippen molar-refractivity contribution >= 4 is 58.7 Å². The van der Waals surface area contributed by atoms with Gasteiger partial charge in [-0.25, -0.2) is 4.99 Å². The van der Waals surface area contributed by atoms with Crippen LogP contribution in [0.2, 0.25) is 0 Å². The molecule has 0 spiro atoms. The third kappa shape index (κ3) is 8.28. The van der Waals surface area contributed by atoms with Crippen molar-refractivity contribution in [1.82, 2.24) is 0 Å². The molecule has 0 unspecified atom stereocenters. The second kappa shape index (κ2) is 14.3. The second-order valence-corrected chi connectivity index (χ2v) is 17.5. The maximum absolute atomic E-state index is 12.7. The third-order valence-corrected chi connectivity index (χ3v) is 11.7. The predicted molar refractivity (Wildman–Crippen MR) is 208 cm³/mol. The summed E-state index contributed by atoms with van der Waals surface area (Å²) in [6.07, 6.45) is 3.75. The first-order valence-corrected chi connectivity index (χ1v) is 20.6. The average molecular weight is 777 g/mol. The van der Waals surface area contributed by atoms with Crippen LogP contribution in [0.15, 0.2) is 109 Å². The summed E-state index contributed by atoms with van der Waals surface area (Å²) in [5, 5.41) is 3.43. The lowest BCUT2D eigenvalue weighted by atomic mass is 9.85. The Morgan fingerprint density at radius 2 is 0.981 bits per heavy atom. The van der Waals surface area contributed by atoms with Crippen LogP contribution in [0, 0.1) is 41.5 Å². The molecule has 0 atom stereocenters. The molecule has 0 bridgehead atoms. The Morgan fingerprint density at radius 3 is 1.42 bits per heavy atom. The fourth-order valence-electron chi connectivity index (χ4n) is 6.71. The van der Waals surface area contributed by atoms with Crippen LogP contribution in [0.25, 0.3) is 5.57 Å². The number of allylic oxidation sites excluding steroid dienone is 5. The molecule has 4 N–H and O–H groups in total. The molecule has 4 aromatic rings. The lowest BCUT2D eigenvalue weighted by Crippen LogP contribution is -2.10. The molecule has 0 fully saturated rings. The summed E-state index contributed by atoms with van der Waals surface area (Å²) in [5.41, 5.74) is 10.1. The zero-order chi connectivity index (χ0) is 39.4. The van der Waals surface area contributed by atoms with E-state index in [1.165, 1.54) is 36.4 Å². The Hall–Kier alpha value is -4.70. The van der Waals surface area contributed by atoms with E-state index in [9.17, 15) is 38.9 Å². The highest BCUT2D eigenvalue weighted by molar-refractivity contribution is 7.86. The van der Waals surface area contributed by atoms with Crippen molar-refractivity contribution in [3.8, 4) is 0 Å². The molecule has 4 aromatic carbocycles. The Bertz CT molecular complexity index is 2590. The summed E-state index contributed by atoms with van der Waals surface area (Å²) >= 11 is 0. The van der Waals surface area contributed by atoms with Gasteiger partial charge in [-0.1, -0.05) is 18.2 Å². The first-order chi connectivity index (χ1) is 24.5. The van der Waals surface area contributed by atoms with Crippen LogP contribution in [0.4, 0.5) is 17.1 Å². The van der Waals surface area contributed by atoms with E-state index in [-0.39, 0.29) is 20.2 Å². The van der Waals surface area contributed by atoms with Gasteiger partial charge in [0.25, 0.3) is 30.4 Å². The SMILES string of the molecule is CC1=CC(=C(c2cc(C)c(Nc3c(C)cc(S(=O)(=O)O)cc3C)c(C)c2)c2ccccc2S(=O)(=O)O)C=C(C)C1=Nc1c(C)cc(S(=O)(=O)O)cc1C. The molecule has 5 rings (SSSR count). The predicted octanol–water partition coefficient (Wildman–Crippen LogP) is 8.50. The Labute approximate surface area is 310 Å². The quantitative estimate of drug-likeness (QED) is 0.126. The Kier molecular flexibility index (Phi) is 10.6. The molecule has 0 radical (unpaired) electrons. The lowest BCUT2D eigenvalue weighted by molar-refractivity contribution is 0.480. The molecule has 0 heterocycles. The minimum atomic E-state index is -4.65. The van der Waals surface area contributed by atoms with Gasteiger partial charge in [0.1, 0.15) is 4.90 Å². The molecule has 1 aliphatic rings.